The third-order valence-electron chi connectivity index (χ3n) is 3.84. The van der Waals surface area contributed by atoms with Crippen LogP contribution in [0.4, 0.5) is 13.2 Å². The van der Waals surface area contributed by atoms with Crippen molar-refractivity contribution in [2.24, 2.45) is 0 Å². The number of imidazole rings is 1. The Morgan fingerprint density at radius 1 is 1.23 bits per heavy atom. The molecule has 1 aromatic heterocycles. The molecule has 0 saturated heterocycles. The second-order valence-corrected chi connectivity index (χ2v) is 5.25. The summed E-state index contributed by atoms with van der Waals surface area (Å²) in [7, 11) is 0. The van der Waals surface area contributed by atoms with Gasteiger partial charge in [-0.05, 0) is 43.9 Å². The first-order valence-electron chi connectivity index (χ1n) is 6.88. The van der Waals surface area contributed by atoms with E-state index in [1.807, 2.05) is 0 Å². The van der Waals surface area contributed by atoms with Gasteiger partial charge in [-0.25, -0.2) is 9.78 Å². The minimum atomic E-state index is -4.63. The van der Waals surface area contributed by atoms with Crippen molar-refractivity contribution in [1.82, 2.24) is 9.55 Å². The van der Waals surface area contributed by atoms with Gasteiger partial charge in [0.05, 0.1) is 28.8 Å². The second-order valence-electron chi connectivity index (χ2n) is 5.25. The van der Waals surface area contributed by atoms with Gasteiger partial charge < -0.3 is 9.67 Å². The number of carboxylic acid groups (broad SMARTS) is 1. The molecule has 4 nitrogen and oxygen atoms in total. The molecule has 1 aromatic carbocycles. The number of halogens is 3. The molecule has 0 radical (unpaired) electrons. The number of aromatic nitrogens is 2. The van der Waals surface area contributed by atoms with Crippen molar-refractivity contribution >= 4 is 5.97 Å². The van der Waals surface area contributed by atoms with Crippen LogP contribution in [0.1, 0.15) is 40.2 Å². The normalized spacial score (nSPS) is 14.7. The van der Waals surface area contributed by atoms with E-state index in [-0.39, 0.29) is 11.3 Å². The number of fused-ring (bicyclic) bond motifs is 1. The molecule has 1 aliphatic carbocycles. The quantitative estimate of drug-likeness (QED) is 0.924. The van der Waals surface area contributed by atoms with Crippen LogP contribution >= 0.6 is 0 Å². The van der Waals surface area contributed by atoms with E-state index in [0.29, 0.717) is 12.5 Å². The van der Waals surface area contributed by atoms with E-state index in [4.69, 9.17) is 5.11 Å². The Morgan fingerprint density at radius 3 is 2.64 bits per heavy atom. The number of carboxylic acids is 1. The number of nitrogens with zero attached hydrogens (tertiary/aromatic N) is 2. The summed E-state index contributed by atoms with van der Waals surface area (Å²) in [5, 5.41) is 8.90. The zero-order chi connectivity index (χ0) is 15.9. The molecular formula is C15H13F3N2O2. The lowest BCUT2D eigenvalue weighted by Crippen LogP contribution is -2.14. The topological polar surface area (TPSA) is 55.1 Å². The third kappa shape index (κ3) is 2.47. The summed E-state index contributed by atoms with van der Waals surface area (Å²) in [5.41, 5.74) is 0.179. The summed E-state index contributed by atoms with van der Waals surface area (Å²) in [4.78, 5) is 15.1. The predicted molar refractivity (Wildman–Crippen MR) is 72.2 cm³/mol. The smallest absolute Gasteiger partial charge is 0.418 e. The Bertz CT molecular complexity index is 735. The number of rotatable bonds is 2. The molecule has 0 fully saturated rings. The zero-order valence-corrected chi connectivity index (χ0v) is 11.5. The lowest BCUT2D eigenvalue weighted by molar-refractivity contribution is -0.137. The van der Waals surface area contributed by atoms with Gasteiger partial charge in [0, 0.05) is 5.69 Å². The first kappa shape index (κ1) is 14.6. The summed E-state index contributed by atoms with van der Waals surface area (Å²) < 4.78 is 41.3. The van der Waals surface area contributed by atoms with Gasteiger partial charge in [-0.3, -0.25) is 0 Å². The summed E-state index contributed by atoms with van der Waals surface area (Å²) in [6.45, 7) is 0. The van der Waals surface area contributed by atoms with Gasteiger partial charge >= 0.3 is 12.1 Å². The van der Waals surface area contributed by atoms with Crippen molar-refractivity contribution < 1.29 is 23.1 Å². The van der Waals surface area contributed by atoms with E-state index >= 15 is 0 Å². The fraction of sp³-hybridized carbons (Fsp3) is 0.333. The zero-order valence-electron chi connectivity index (χ0n) is 11.5. The molecule has 1 N–H and O–H groups in total. The largest absolute Gasteiger partial charge is 0.478 e. The molecule has 0 aliphatic heterocycles. The molecule has 0 unspecified atom stereocenters. The maximum absolute atomic E-state index is 13.3. The molecule has 116 valence electrons. The molecule has 7 heteroatoms. The Morgan fingerprint density at radius 2 is 1.95 bits per heavy atom. The number of benzene rings is 1. The molecule has 0 atom stereocenters. The average molecular weight is 310 g/mol. The lowest BCUT2D eigenvalue weighted by Gasteiger charge is -2.18. The van der Waals surface area contributed by atoms with Gasteiger partial charge in [-0.15, -0.1) is 0 Å². The van der Waals surface area contributed by atoms with Gasteiger partial charge in [-0.1, -0.05) is 0 Å². The van der Waals surface area contributed by atoms with Crippen molar-refractivity contribution in [2.45, 2.75) is 31.9 Å². The van der Waals surface area contributed by atoms with Crippen LogP contribution in [0, 0.1) is 0 Å². The average Bonchev–Trinajstić information content (AvgIpc) is 2.89. The molecule has 0 amide bonds. The number of aromatic carboxylic acids is 1. The van der Waals surface area contributed by atoms with E-state index in [1.165, 1.54) is 23.0 Å². The maximum atomic E-state index is 13.3. The van der Waals surface area contributed by atoms with Gasteiger partial charge in [0.1, 0.15) is 0 Å². The van der Waals surface area contributed by atoms with Crippen LogP contribution in [0.25, 0.3) is 5.69 Å². The minimum absolute atomic E-state index is 0.0758. The molecule has 0 bridgehead atoms. The highest BCUT2D eigenvalue weighted by Crippen LogP contribution is 2.36. The van der Waals surface area contributed by atoms with E-state index in [1.54, 1.807) is 0 Å². The standard InChI is InChI=1S/C15H13F3N2O2/c16-15(17,18)10-7-9(14(21)22)5-6-12(10)20-8-19-11-3-1-2-4-13(11)20/h5-8H,1-4H2,(H,21,22). The number of alkyl halides is 3. The molecule has 22 heavy (non-hydrogen) atoms. The molecule has 0 spiro atoms. The molecular weight excluding hydrogens is 297 g/mol. The lowest BCUT2D eigenvalue weighted by atomic mass is 10.0. The second kappa shape index (κ2) is 5.15. The van der Waals surface area contributed by atoms with Gasteiger partial charge in [-0.2, -0.15) is 13.2 Å². The number of aryl methyl sites for hydroxylation is 1. The fourth-order valence-electron chi connectivity index (χ4n) is 2.78. The molecule has 1 heterocycles. The SMILES string of the molecule is O=C(O)c1ccc(-n2cnc3c2CCCC3)c(C(F)(F)F)c1. The van der Waals surface area contributed by atoms with Crippen molar-refractivity contribution in [3.63, 3.8) is 0 Å². The van der Waals surface area contributed by atoms with E-state index in [2.05, 4.69) is 4.98 Å². The first-order chi connectivity index (χ1) is 10.4. The molecule has 0 saturated carbocycles. The number of carbonyl (C=O) groups is 1. The van der Waals surface area contributed by atoms with Crippen LogP contribution in [0.15, 0.2) is 24.5 Å². The predicted octanol–water partition coefficient (Wildman–Crippen LogP) is 3.47. The number of hydrogen-bond acceptors (Lipinski definition) is 2. The van der Waals surface area contributed by atoms with Crippen molar-refractivity contribution in [3.8, 4) is 5.69 Å². The Balaban J connectivity index is 2.18. The molecule has 3 rings (SSSR count). The van der Waals surface area contributed by atoms with Crippen LogP contribution < -0.4 is 0 Å². The summed E-state index contributed by atoms with van der Waals surface area (Å²) in [6, 6.07) is 3.05. The van der Waals surface area contributed by atoms with Gasteiger partial charge in [0.2, 0.25) is 0 Å². The van der Waals surface area contributed by atoms with E-state index in [9.17, 15) is 18.0 Å². The Labute approximate surface area is 124 Å². The highest BCUT2D eigenvalue weighted by atomic mass is 19.4. The Hall–Kier alpha value is -2.31. The first-order valence-corrected chi connectivity index (χ1v) is 6.88. The molecule has 2 aromatic rings. The monoisotopic (exact) mass is 310 g/mol. The summed E-state index contributed by atoms with van der Waals surface area (Å²) in [5.74, 6) is -1.38. The van der Waals surface area contributed by atoms with Crippen LogP contribution in [0.5, 0.6) is 0 Å². The molecule has 1 aliphatic rings. The summed E-state index contributed by atoms with van der Waals surface area (Å²) in [6.07, 6.45) is 0.0825. The van der Waals surface area contributed by atoms with Gasteiger partial charge in [0.25, 0.3) is 0 Å². The van der Waals surface area contributed by atoms with Crippen LogP contribution in [0.2, 0.25) is 0 Å². The van der Waals surface area contributed by atoms with Crippen LogP contribution in [-0.2, 0) is 19.0 Å². The van der Waals surface area contributed by atoms with Crippen molar-refractivity contribution in [2.75, 3.05) is 0 Å². The summed E-state index contributed by atoms with van der Waals surface area (Å²) >= 11 is 0. The van der Waals surface area contributed by atoms with Crippen molar-refractivity contribution in [1.29, 1.82) is 0 Å². The minimum Gasteiger partial charge on any atom is -0.478 e. The van der Waals surface area contributed by atoms with Crippen molar-refractivity contribution in [3.05, 3.63) is 47.0 Å². The van der Waals surface area contributed by atoms with Crippen LogP contribution in [-0.4, -0.2) is 20.6 Å². The van der Waals surface area contributed by atoms with E-state index < -0.39 is 17.7 Å². The fourth-order valence-corrected chi connectivity index (χ4v) is 2.78. The highest BCUT2D eigenvalue weighted by Gasteiger charge is 2.35. The Kier molecular flexibility index (Phi) is 3.42. The number of hydrogen-bond donors (Lipinski definition) is 1. The third-order valence-corrected chi connectivity index (χ3v) is 3.84. The maximum Gasteiger partial charge on any atom is 0.418 e. The highest BCUT2D eigenvalue weighted by molar-refractivity contribution is 5.88. The van der Waals surface area contributed by atoms with Crippen LogP contribution in [0.3, 0.4) is 0 Å². The van der Waals surface area contributed by atoms with E-state index in [0.717, 1.165) is 30.7 Å². The van der Waals surface area contributed by atoms with Gasteiger partial charge in [0.15, 0.2) is 0 Å².